The van der Waals surface area contributed by atoms with E-state index in [0.717, 1.165) is 14.7 Å². The van der Waals surface area contributed by atoms with E-state index in [0.29, 0.717) is 43.5 Å². The van der Waals surface area contributed by atoms with Gasteiger partial charge in [-0.25, -0.2) is 4.99 Å². The number of ether oxygens (including phenoxy) is 3. The van der Waals surface area contributed by atoms with Crippen LogP contribution in [0.15, 0.2) is 87.8 Å². The minimum absolute atomic E-state index is 0.0184. The molecule has 216 valence electrons. The Hall–Kier alpha value is -3.90. The summed E-state index contributed by atoms with van der Waals surface area (Å²) < 4.78 is 20.0. The Balaban J connectivity index is 1.66. The third kappa shape index (κ3) is 6.00. The Bertz CT molecular complexity index is 1860. The lowest BCUT2D eigenvalue weighted by atomic mass is 9.95. The van der Waals surface area contributed by atoms with Gasteiger partial charge in [0.15, 0.2) is 16.3 Å². The van der Waals surface area contributed by atoms with E-state index in [1.165, 1.54) is 11.3 Å². The van der Waals surface area contributed by atoms with Gasteiger partial charge in [-0.3, -0.25) is 14.2 Å². The first-order chi connectivity index (χ1) is 20.2. The standard InChI is InChI=1S/C32H30IN3O5S/c1-18(2)41-29-24(33)14-20(15-25(29)40-5)16-26-31(38)36-28(21-10-9-13-23(17-21)39-4)27(19(3)34-32(36)42-26)30(37)35-22-11-7-6-8-12-22/h6-18,28H,1-5H3,(H,35,37)/b26-16-/t28-/m1/s1. The molecule has 42 heavy (non-hydrogen) atoms. The summed E-state index contributed by atoms with van der Waals surface area (Å²) in [7, 11) is 3.18. The van der Waals surface area contributed by atoms with E-state index in [4.69, 9.17) is 19.2 Å². The average Bonchev–Trinajstić information content (AvgIpc) is 3.27. The molecule has 5 rings (SSSR count). The zero-order chi connectivity index (χ0) is 30.0. The summed E-state index contributed by atoms with van der Waals surface area (Å²) in [6, 6.07) is 19.7. The lowest BCUT2D eigenvalue weighted by Gasteiger charge is -2.25. The number of anilines is 1. The SMILES string of the molecule is COc1cccc([C@@H]2C(C(=O)Nc3ccccc3)=C(C)N=c3s/c(=C\c4cc(I)c(OC(C)C)c(OC)c4)c(=O)n32)c1. The fourth-order valence-electron chi connectivity index (χ4n) is 4.78. The van der Waals surface area contributed by atoms with Gasteiger partial charge in [-0.1, -0.05) is 41.7 Å². The van der Waals surface area contributed by atoms with Gasteiger partial charge >= 0.3 is 0 Å². The van der Waals surface area contributed by atoms with Crippen LogP contribution in [0, 0.1) is 3.57 Å². The number of thiazole rings is 1. The van der Waals surface area contributed by atoms with Crippen molar-refractivity contribution < 1.29 is 19.0 Å². The molecule has 0 fully saturated rings. The number of nitrogens with one attached hydrogen (secondary N) is 1. The monoisotopic (exact) mass is 695 g/mol. The van der Waals surface area contributed by atoms with Crippen molar-refractivity contribution >= 4 is 51.6 Å². The molecule has 1 aliphatic heterocycles. The Morgan fingerprint density at radius 2 is 1.83 bits per heavy atom. The number of hydrogen-bond donors (Lipinski definition) is 1. The van der Waals surface area contributed by atoms with Crippen LogP contribution < -0.4 is 34.4 Å². The van der Waals surface area contributed by atoms with Gasteiger partial charge in [-0.2, -0.15) is 0 Å². The van der Waals surface area contributed by atoms with E-state index in [-0.39, 0.29) is 17.6 Å². The number of aromatic nitrogens is 1. The summed E-state index contributed by atoms with van der Waals surface area (Å²) in [5.74, 6) is 1.54. The summed E-state index contributed by atoms with van der Waals surface area (Å²) in [4.78, 5) is 33.1. The molecule has 1 aromatic heterocycles. The maximum absolute atomic E-state index is 14.1. The molecule has 4 aromatic rings. The van der Waals surface area contributed by atoms with Crippen molar-refractivity contribution in [3.63, 3.8) is 0 Å². The summed E-state index contributed by atoms with van der Waals surface area (Å²) in [6.45, 7) is 5.71. The highest BCUT2D eigenvalue weighted by Crippen LogP contribution is 2.35. The highest BCUT2D eigenvalue weighted by Gasteiger charge is 2.32. The number of para-hydroxylation sites is 1. The second-order valence-electron chi connectivity index (χ2n) is 9.88. The van der Waals surface area contributed by atoms with Gasteiger partial charge in [-0.15, -0.1) is 0 Å². The smallest absolute Gasteiger partial charge is 0.271 e. The number of methoxy groups -OCH3 is 2. The lowest BCUT2D eigenvalue weighted by molar-refractivity contribution is -0.113. The highest BCUT2D eigenvalue weighted by molar-refractivity contribution is 14.1. The molecular weight excluding hydrogens is 665 g/mol. The fraction of sp³-hybridized carbons (Fsp3) is 0.219. The van der Waals surface area contributed by atoms with Crippen molar-refractivity contribution in [1.29, 1.82) is 0 Å². The van der Waals surface area contributed by atoms with Gasteiger partial charge in [0.05, 0.1) is 45.7 Å². The van der Waals surface area contributed by atoms with Crippen molar-refractivity contribution in [2.45, 2.75) is 32.9 Å². The van der Waals surface area contributed by atoms with Crippen molar-refractivity contribution in [3.8, 4) is 17.2 Å². The molecule has 0 unspecified atom stereocenters. The number of carbonyl (C=O) groups excluding carboxylic acids is 1. The Morgan fingerprint density at radius 1 is 1.07 bits per heavy atom. The molecule has 3 aromatic carbocycles. The molecule has 1 atom stereocenters. The number of halogens is 1. The Kier molecular flexibility index (Phi) is 8.83. The largest absolute Gasteiger partial charge is 0.497 e. The topological polar surface area (TPSA) is 91.2 Å². The first-order valence-corrected chi connectivity index (χ1v) is 15.2. The Labute approximate surface area is 261 Å². The fourth-order valence-corrected chi connectivity index (χ4v) is 6.58. The van der Waals surface area contributed by atoms with Crippen LogP contribution in [0.1, 0.15) is 37.9 Å². The number of hydrogen-bond acceptors (Lipinski definition) is 7. The molecule has 0 aliphatic carbocycles. The quantitative estimate of drug-likeness (QED) is 0.254. The number of amides is 1. The van der Waals surface area contributed by atoms with Gasteiger partial charge in [-0.05, 0) is 97.0 Å². The molecule has 1 amide bonds. The first-order valence-electron chi connectivity index (χ1n) is 13.3. The van der Waals surface area contributed by atoms with Crippen LogP contribution >= 0.6 is 33.9 Å². The summed E-state index contributed by atoms with van der Waals surface area (Å²) in [6.07, 6.45) is 1.80. The minimum atomic E-state index is -0.710. The van der Waals surface area contributed by atoms with E-state index < -0.39 is 6.04 Å². The van der Waals surface area contributed by atoms with Gasteiger partial charge in [0.25, 0.3) is 11.5 Å². The lowest BCUT2D eigenvalue weighted by Crippen LogP contribution is -2.40. The number of allylic oxidation sites excluding steroid dienone is 1. The molecular formula is C32H30IN3O5S. The number of nitrogens with zero attached hydrogens (tertiary/aromatic N) is 2. The van der Waals surface area contributed by atoms with Crippen molar-refractivity contribution in [1.82, 2.24) is 4.57 Å². The molecule has 0 radical (unpaired) electrons. The Morgan fingerprint density at radius 3 is 2.52 bits per heavy atom. The zero-order valence-electron chi connectivity index (χ0n) is 23.8. The summed E-state index contributed by atoms with van der Waals surface area (Å²) in [5, 5.41) is 2.97. The van der Waals surface area contributed by atoms with Crippen molar-refractivity contribution in [2.75, 3.05) is 19.5 Å². The second-order valence-corrected chi connectivity index (χ2v) is 12.1. The number of carbonyl (C=O) groups is 1. The highest BCUT2D eigenvalue weighted by atomic mass is 127. The maximum atomic E-state index is 14.1. The molecule has 0 saturated heterocycles. The molecule has 1 aliphatic rings. The predicted molar refractivity (Wildman–Crippen MR) is 173 cm³/mol. The van der Waals surface area contributed by atoms with Crippen LogP contribution in [0.25, 0.3) is 6.08 Å². The van der Waals surface area contributed by atoms with Crippen LogP contribution in [-0.2, 0) is 4.79 Å². The van der Waals surface area contributed by atoms with E-state index >= 15 is 0 Å². The third-order valence-electron chi connectivity index (χ3n) is 6.61. The van der Waals surface area contributed by atoms with Crippen LogP contribution in [0.2, 0.25) is 0 Å². The first kappa shape index (κ1) is 29.6. The van der Waals surface area contributed by atoms with Gasteiger partial charge in [0.1, 0.15) is 5.75 Å². The van der Waals surface area contributed by atoms with E-state index in [9.17, 15) is 9.59 Å². The summed E-state index contributed by atoms with van der Waals surface area (Å²) >= 11 is 3.49. The van der Waals surface area contributed by atoms with Crippen molar-refractivity contribution in [2.24, 2.45) is 4.99 Å². The van der Waals surface area contributed by atoms with E-state index in [1.54, 1.807) is 25.7 Å². The molecule has 0 saturated carbocycles. The van der Waals surface area contributed by atoms with Crippen LogP contribution in [0.3, 0.4) is 0 Å². The molecule has 2 heterocycles. The van der Waals surface area contributed by atoms with Gasteiger partial charge in [0.2, 0.25) is 0 Å². The zero-order valence-corrected chi connectivity index (χ0v) is 26.8. The van der Waals surface area contributed by atoms with Gasteiger partial charge < -0.3 is 19.5 Å². The van der Waals surface area contributed by atoms with Crippen LogP contribution in [0.4, 0.5) is 5.69 Å². The molecule has 8 nitrogen and oxygen atoms in total. The minimum Gasteiger partial charge on any atom is -0.497 e. The second kappa shape index (κ2) is 12.5. The van der Waals surface area contributed by atoms with Crippen molar-refractivity contribution in [3.05, 3.63) is 112 Å². The predicted octanol–water partition coefficient (Wildman–Crippen LogP) is 5.28. The van der Waals surface area contributed by atoms with E-state index in [2.05, 4.69) is 27.9 Å². The molecule has 1 N–H and O–H groups in total. The summed E-state index contributed by atoms with van der Waals surface area (Å²) in [5.41, 5.74) is 2.85. The average molecular weight is 696 g/mol. The normalized spacial score (nSPS) is 14.8. The maximum Gasteiger partial charge on any atom is 0.271 e. The molecule has 10 heteroatoms. The third-order valence-corrected chi connectivity index (χ3v) is 8.39. The van der Waals surface area contributed by atoms with Crippen LogP contribution in [0.5, 0.6) is 17.2 Å². The van der Waals surface area contributed by atoms with Gasteiger partial charge in [0, 0.05) is 5.69 Å². The molecule has 0 bridgehead atoms. The number of benzene rings is 3. The van der Waals surface area contributed by atoms with E-state index in [1.807, 2.05) is 86.7 Å². The number of rotatable bonds is 8. The number of fused-ring (bicyclic) bond motifs is 1. The van der Waals surface area contributed by atoms with Crippen LogP contribution in [-0.4, -0.2) is 30.8 Å². The molecule has 0 spiro atoms.